The smallest absolute Gasteiger partial charge is 0.285 e. The number of sulfonamides is 1. The number of carbonyl (C=O) groups is 1. The van der Waals surface area contributed by atoms with Crippen LogP contribution in [0.2, 0.25) is 5.02 Å². The van der Waals surface area contributed by atoms with Gasteiger partial charge in [0.25, 0.3) is 15.9 Å². The molecule has 1 heterocycles. The molecule has 0 saturated carbocycles. The average Bonchev–Trinajstić information content (AvgIpc) is 2.97. The zero-order chi connectivity index (χ0) is 18.9. The minimum atomic E-state index is -4.36. The van der Waals surface area contributed by atoms with Gasteiger partial charge in [0.05, 0.1) is 5.02 Å². The van der Waals surface area contributed by atoms with E-state index in [0.717, 1.165) is 12.1 Å². The van der Waals surface area contributed by atoms with E-state index in [4.69, 9.17) is 11.6 Å². The van der Waals surface area contributed by atoms with Crippen LogP contribution in [0.5, 0.6) is 0 Å². The summed E-state index contributed by atoms with van der Waals surface area (Å²) >= 11 is 6.13. The van der Waals surface area contributed by atoms with Gasteiger partial charge in [-0.15, -0.1) is 0 Å². The topological polar surface area (TPSA) is 81.1 Å². The van der Waals surface area contributed by atoms with Crippen LogP contribution in [0.1, 0.15) is 10.5 Å². The van der Waals surface area contributed by atoms with Gasteiger partial charge in [-0.2, -0.15) is 0 Å². The molecule has 0 aliphatic carbocycles. The summed E-state index contributed by atoms with van der Waals surface area (Å²) in [6, 6.07) is 11.7. The van der Waals surface area contributed by atoms with Crippen molar-refractivity contribution in [3.8, 4) is 11.4 Å². The van der Waals surface area contributed by atoms with Gasteiger partial charge < -0.3 is 4.57 Å². The standard InChI is InChI=1S/C17H13ClFN3O3S/c1-22-10-14(20-16(22)11-6-2-3-7-12(11)18)17(23)21-26(24,25)15-9-5-4-8-13(15)19/h2-10H,1H3,(H,21,23). The number of aromatic nitrogens is 2. The highest BCUT2D eigenvalue weighted by Gasteiger charge is 2.24. The largest absolute Gasteiger partial charge is 0.333 e. The summed E-state index contributed by atoms with van der Waals surface area (Å²) < 4.78 is 41.5. The van der Waals surface area contributed by atoms with E-state index in [1.807, 2.05) is 4.72 Å². The van der Waals surface area contributed by atoms with Gasteiger partial charge in [-0.05, 0) is 24.3 Å². The first-order valence-electron chi connectivity index (χ1n) is 7.39. The Morgan fingerprint density at radius 3 is 2.50 bits per heavy atom. The van der Waals surface area contributed by atoms with Crippen LogP contribution in [0.4, 0.5) is 4.39 Å². The van der Waals surface area contributed by atoms with Gasteiger partial charge in [0, 0.05) is 18.8 Å². The van der Waals surface area contributed by atoms with Crippen molar-refractivity contribution in [1.82, 2.24) is 14.3 Å². The van der Waals surface area contributed by atoms with Crippen molar-refractivity contribution in [2.24, 2.45) is 7.05 Å². The average molecular weight is 394 g/mol. The molecule has 134 valence electrons. The Bertz CT molecular complexity index is 1100. The Hall–Kier alpha value is -2.71. The van der Waals surface area contributed by atoms with E-state index in [0.29, 0.717) is 16.4 Å². The normalized spacial score (nSPS) is 11.3. The third-order valence-electron chi connectivity index (χ3n) is 3.58. The predicted molar refractivity (Wildman–Crippen MR) is 94.7 cm³/mol. The highest BCUT2D eigenvalue weighted by molar-refractivity contribution is 7.90. The Morgan fingerprint density at radius 2 is 1.81 bits per heavy atom. The van der Waals surface area contributed by atoms with Gasteiger partial charge in [-0.3, -0.25) is 4.79 Å². The third-order valence-corrected chi connectivity index (χ3v) is 5.27. The monoisotopic (exact) mass is 393 g/mol. The van der Waals surface area contributed by atoms with E-state index in [-0.39, 0.29) is 5.69 Å². The van der Waals surface area contributed by atoms with E-state index in [1.165, 1.54) is 18.3 Å². The number of benzene rings is 2. The SMILES string of the molecule is Cn1cc(C(=O)NS(=O)(=O)c2ccccc2F)nc1-c1ccccc1Cl. The molecule has 1 amide bonds. The molecule has 0 atom stereocenters. The van der Waals surface area contributed by atoms with E-state index >= 15 is 0 Å². The van der Waals surface area contributed by atoms with Crippen molar-refractivity contribution >= 4 is 27.5 Å². The van der Waals surface area contributed by atoms with E-state index in [2.05, 4.69) is 4.98 Å². The number of nitrogens with one attached hydrogen (secondary N) is 1. The van der Waals surface area contributed by atoms with Crippen LogP contribution >= 0.6 is 11.6 Å². The summed E-state index contributed by atoms with van der Waals surface area (Å²) in [5, 5.41) is 0.437. The van der Waals surface area contributed by atoms with Crippen LogP contribution in [0.25, 0.3) is 11.4 Å². The molecule has 9 heteroatoms. The Balaban J connectivity index is 1.91. The highest BCUT2D eigenvalue weighted by atomic mass is 35.5. The lowest BCUT2D eigenvalue weighted by molar-refractivity contribution is 0.0977. The molecule has 2 aromatic carbocycles. The van der Waals surface area contributed by atoms with E-state index < -0.39 is 26.6 Å². The number of nitrogens with zero attached hydrogens (tertiary/aromatic N) is 2. The number of halogens is 2. The molecule has 0 saturated heterocycles. The van der Waals surface area contributed by atoms with Gasteiger partial charge in [0.2, 0.25) is 0 Å². The minimum absolute atomic E-state index is 0.137. The van der Waals surface area contributed by atoms with E-state index in [1.54, 1.807) is 35.9 Å². The molecule has 0 aliphatic rings. The maximum absolute atomic E-state index is 13.7. The number of amides is 1. The molecular weight excluding hydrogens is 381 g/mol. The second-order valence-electron chi connectivity index (χ2n) is 5.41. The van der Waals surface area contributed by atoms with Crippen LogP contribution < -0.4 is 4.72 Å². The maximum Gasteiger partial charge on any atom is 0.285 e. The molecule has 3 rings (SSSR count). The first kappa shape index (κ1) is 18.1. The Labute approximate surface area is 154 Å². The van der Waals surface area contributed by atoms with Gasteiger partial charge >= 0.3 is 0 Å². The number of aryl methyl sites for hydroxylation is 1. The molecule has 0 radical (unpaired) electrons. The lowest BCUT2D eigenvalue weighted by Gasteiger charge is -2.06. The molecule has 1 aromatic heterocycles. The number of hydrogen-bond donors (Lipinski definition) is 1. The number of imidazole rings is 1. The summed E-state index contributed by atoms with van der Waals surface area (Å²) in [7, 11) is -2.72. The molecule has 1 N–H and O–H groups in total. The molecular formula is C17H13ClFN3O3S. The van der Waals surface area contributed by atoms with Gasteiger partial charge in [-0.1, -0.05) is 35.9 Å². The lowest BCUT2D eigenvalue weighted by atomic mass is 10.2. The zero-order valence-corrected chi connectivity index (χ0v) is 15.1. The first-order chi connectivity index (χ1) is 12.3. The summed E-state index contributed by atoms with van der Waals surface area (Å²) in [5.41, 5.74) is 0.454. The summed E-state index contributed by atoms with van der Waals surface area (Å²) in [6.07, 6.45) is 1.37. The first-order valence-corrected chi connectivity index (χ1v) is 9.25. The molecule has 6 nitrogen and oxygen atoms in total. The van der Waals surface area contributed by atoms with Gasteiger partial charge in [-0.25, -0.2) is 22.5 Å². The maximum atomic E-state index is 13.7. The fourth-order valence-electron chi connectivity index (χ4n) is 2.36. The fraction of sp³-hybridized carbons (Fsp3) is 0.0588. The van der Waals surface area contributed by atoms with Crippen molar-refractivity contribution < 1.29 is 17.6 Å². The van der Waals surface area contributed by atoms with Crippen molar-refractivity contribution in [3.05, 3.63) is 71.3 Å². The molecule has 0 unspecified atom stereocenters. The molecule has 0 aliphatic heterocycles. The Kier molecular flexibility index (Phi) is 4.80. The van der Waals surface area contributed by atoms with Crippen molar-refractivity contribution in [3.63, 3.8) is 0 Å². The predicted octanol–water partition coefficient (Wildman–Crippen LogP) is 3.00. The number of hydrogen-bond acceptors (Lipinski definition) is 4. The molecule has 0 spiro atoms. The van der Waals surface area contributed by atoms with Crippen LogP contribution in [-0.4, -0.2) is 23.9 Å². The van der Waals surface area contributed by atoms with Crippen LogP contribution in [0, 0.1) is 5.82 Å². The second kappa shape index (κ2) is 6.89. The van der Waals surface area contributed by atoms with Crippen molar-refractivity contribution in [2.45, 2.75) is 4.90 Å². The second-order valence-corrected chi connectivity index (χ2v) is 7.46. The van der Waals surface area contributed by atoms with Crippen molar-refractivity contribution in [1.29, 1.82) is 0 Å². The Morgan fingerprint density at radius 1 is 1.15 bits per heavy atom. The minimum Gasteiger partial charge on any atom is -0.333 e. The van der Waals surface area contributed by atoms with Gasteiger partial charge in [0.15, 0.2) is 0 Å². The molecule has 0 fully saturated rings. The van der Waals surface area contributed by atoms with E-state index in [9.17, 15) is 17.6 Å². The third kappa shape index (κ3) is 3.47. The van der Waals surface area contributed by atoms with Crippen LogP contribution in [0.15, 0.2) is 59.6 Å². The molecule has 0 bridgehead atoms. The number of carbonyl (C=O) groups excluding carboxylic acids is 1. The fourth-order valence-corrected chi connectivity index (χ4v) is 3.62. The summed E-state index contributed by atoms with van der Waals surface area (Å²) in [5.74, 6) is -1.53. The molecule has 3 aromatic rings. The quantitative estimate of drug-likeness (QED) is 0.738. The van der Waals surface area contributed by atoms with Crippen LogP contribution in [-0.2, 0) is 17.1 Å². The van der Waals surface area contributed by atoms with Crippen molar-refractivity contribution in [2.75, 3.05) is 0 Å². The van der Waals surface area contributed by atoms with Gasteiger partial charge in [0.1, 0.15) is 22.2 Å². The highest BCUT2D eigenvalue weighted by Crippen LogP contribution is 2.26. The summed E-state index contributed by atoms with van der Waals surface area (Å²) in [6.45, 7) is 0. The lowest BCUT2D eigenvalue weighted by Crippen LogP contribution is -2.31. The molecule has 26 heavy (non-hydrogen) atoms. The number of rotatable bonds is 4. The summed E-state index contributed by atoms with van der Waals surface area (Å²) in [4.78, 5) is 15.8. The zero-order valence-electron chi connectivity index (χ0n) is 13.5. The van der Waals surface area contributed by atoms with Crippen LogP contribution in [0.3, 0.4) is 0 Å².